The van der Waals surface area contributed by atoms with Crippen LogP contribution in [0.25, 0.3) is 0 Å². The average molecular weight is 262 g/mol. The molecule has 3 nitrogen and oxygen atoms in total. The van der Waals surface area contributed by atoms with Crippen molar-refractivity contribution in [3.8, 4) is 0 Å². The molecule has 2 rings (SSSR count). The molecule has 2 N–H and O–H groups in total. The molecule has 1 aromatic carbocycles. The molecule has 1 atom stereocenters. The Bertz CT molecular complexity index is 369. The van der Waals surface area contributed by atoms with Crippen molar-refractivity contribution in [3.63, 3.8) is 0 Å². The number of hydrogen-bond donors (Lipinski definition) is 2. The van der Waals surface area contributed by atoms with Crippen LogP contribution in [-0.4, -0.2) is 42.3 Å². The molecule has 1 aliphatic rings. The number of benzene rings is 1. The minimum atomic E-state index is -0.289. The average Bonchev–Trinajstić information content (AvgIpc) is 2.89. The van der Waals surface area contributed by atoms with Crippen LogP contribution in [0.5, 0.6) is 0 Å². The van der Waals surface area contributed by atoms with Crippen LogP contribution < -0.4 is 5.32 Å². The molecule has 0 radical (unpaired) electrons. The number of rotatable bonds is 6. The van der Waals surface area contributed by atoms with Crippen LogP contribution in [0.4, 0.5) is 5.69 Å². The number of nitrogens with one attached hydrogen (secondary N) is 1. The first-order valence-corrected chi connectivity index (χ1v) is 7.39. The number of nitrogens with zero attached hydrogens (tertiary/aromatic N) is 1. The van der Waals surface area contributed by atoms with Gasteiger partial charge in [-0.05, 0) is 49.5 Å². The fraction of sp³-hybridized carbons (Fsp3) is 0.625. The lowest BCUT2D eigenvalue weighted by molar-refractivity contribution is 0.135. The lowest BCUT2D eigenvalue weighted by Crippen LogP contribution is -2.34. The van der Waals surface area contributed by atoms with E-state index in [4.69, 9.17) is 0 Å². The van der Waals surface area contributed by atoms with Crippen molar-refractivity contribution in [3.05, 3.63) is 29.8 Å². The van der Waals surface area contributed by atoms with Gasteiger partial charge in [-0.25, -0.2) is 0 Å². The second-order valence-corrected chi connectivity index (χ2v) is 5.82. The van der Waals surface area contributed by atoms with E-state index in [0.29, 0.717) is 12.5 Å². The maximum atomic E-state index is 10.0. The van der Waals surface area contributed by atoms with E-state index < -0.39 is 0 Å². The molecule has 1 saturated heterocycles. The van der Waals surface area contributed by atoms with Gasteiger partial charge in [0.25, 0.3) is 0 Å². The molecular weight excluding hydrogens is 236 g/mol. The molecule has 0 bridgehead atoms. The standard InChI is InChI=1S/C16H26N2O/c1-13(2)14-5-7-15(8-6-14)17-11-16(19)12-18-9-3-4-10-18/h5-8,13,16-17,19H,3-4,9-12H2,1-2H3. The monoisotopic (exact) mass is 262 g/mol. The summed E-state index contributed by atoms with van der Waals surface area (Å²) in [4.78, 5) is 2.34. The minimum Gasteiger partial charge on any atom is -0.390 e. The number of aliphatic hydroxyl groups excluding tert-OH is 1. The molecule has 1 unspecified atom stereocenters. The van der Waals surface area contributed by atoms with Gasteiger partial charge in [-0.1, -0.05) is 26.0 Å². The van der Waals surface area contributed by atoms with Crippen molar-refractivity contribution >= 4 is 5.69 Å². The molecule has 106 valence electrons. The highest BCUT2D eigenvalue weighted by Crippen LogP contribution is 2.17. The van der Waals surface area contributed by atoms with E-state index in [9.17, 15) is 5.11 Å². The van der Waals surface area contributed by atoms with Crippen LogP contribution in [0, 0.1) is 0 Å². The summed E-state index contributed by atoms with van der Waals surface area (Å²) in [7, 11) is 0. The molecule has 0 aromatic heterocycles. The summed E-state index contributed by atoms with van der Waals surface area (Å²) >= 11 is 0. The SMILES string of the molecule is CC(C)c1ccc(NCC(O)CN2CCCC2)cc1. The van der Waals surface area contributed by atoms with Gasteiger partial charge in [0.05, 0.1) is 6.10 Å². The number of aliphatic hydroxyl groups is 1. The van der Waals surface area contributed by atoms with E-state index in [0.717, 1.165) is 25.3 Å². The first-order valence-electron chi connectivity index (χ1n) is 7.39. The molecule has 0 aliphatic carbocycles. The van der Waals surface area contributed by atoms with Gasteiger partial charge in [0, 0.05) is 18.8 Å². The molecule has 0 saturated carbocycles. The summed E-state index contributed by atoms with van der Waals surface area (Å²) in [6, 6.07) is 8.50. The molecule has 1 aromatic rings. The van der Waals surface area contributed by atoms with Crippen molar-refractivity contribution < 1.29 is 5.11 Å². The molecule has 1 fully saturated rings. The fourth-order valence-electron chi connectivity index (χ4n) is 2.55. The Hall–Kier alpha value is -1.06. The molecule has 1 heterocycles. The van der Waals surface area contributed by atoms with Crippen LogP contribution in [0.2, 0.25) is 0 Å². The molecule has 19 heavy (non-hydrogen) atoms. The highest BCUT2D eigenvalue weighted by Gasteiger charge is 2.15. The number of hydrogen-bond acceptors (Lipinski definition) is 3. The van der Waals surface area contributed by atoms with Crippen molar-refractivity contribution in [2.24, 2.45) is 0 Å². The van der Waals surface area contributed by atoms with Crippen molar-refractivity contribution in [1.29, 1.82) is 0 Å². The van der Waals surface area contributed by atoms with Crippen LogP contribution in [0.15, 0.2) is 24.3 Å². The third-order valence-corrected chi connectivity index (χ3v) is 3.79. The highest BCUT2D eigenvalue weighted by molar-refractivity contribution is 5.45. The Morgan fingerprint density at radius 3 is 2.37 bits per heavy atom. The predicted molar refractivity (Wildman–Crippen MR) is 80.7 cm³/mol. The molecule has 0 spiro atoms. The van der Waals surface area contributed by atoms with Gasteiger partial charge < -0.3 is 15.3 Å². The maximum absolute atomic E-state index is 10.0. The third-order valence-electron chi connectivity index (χ3n) is 3.79. The summed E-state index contributed by atoms with van der Waals surface area (Å²) in [6.07, 6.45) is 2.26. The highest BCUT2D eigenvalue weighted by atomic mass is 16.3. The Kier molecular flexibility index (Phi) is 5.23. The predicted octanol–water partition coefficient (Wildman–Crippen LogP) is 2.68. The Labute approximate surface area is 116 Å². The van der Waals surface area contributed by atoms with Crippen molar-refractivity contribution in [1.82, 2.24) is 4.90 Å². The van der Waals surface area contributed by atoms with Crippen LogP contribution in [0.3, 0.4) is 0 Å². The Morgan fingerprint density at radius 2 is 1.79 bits per heavy atom. The number of likely N-dealkylation sites (tertiary alicyclic amines) is 1. The first kappa shape index (κ1) is 14.4. The lowest BCUT2D eigenvalue weighted by Gasteiger charge is -2.20. The van der Waals surface area contributed by atoms with Crippen LogP contribution in [-0.2, 0) is 0 Å². The van der Waals surface area contributed by atoms with Crippen LogP contribution >= 0.6 is 0 Å². The maximum Gasteiger partial charge on any atom is 0.0839 e. The zero-order chi connectivity index (χ0) is 13.7. The quantitative estimate of drug-likeness (QED) is 0.827. The molecular formula is C16H26N2O. The summed E-state index contributed by atoms with van der Waals surface area (Å²) < 4.78 is 0. The van der Waals surface area contributed by atoms with E-state index in [2.05, 4.69) is 48.3 Å². The van der Waals surface area contributed by atoms with Gasteiger partial charge in [-0.15, -0.1) is 0 Å². The smallest absolute Gasteiger partial charge is 0.0839 e. The van der Waals surface area contributed by atoms with Gasteiger partial charge in [0.1, 0.15) is 0 Å². The Balaban J connectivity index is 1.74. The number of anilines is 1. The second kappa shape index (κ2) is 6.92. The summed E-state index contributed by atoms with van der Waals surface area (Å²) in [5.74, 6) is 0.565. The fourth-order valence-corrected chi connectivity index (χ4v) is 2.55. The van der Waals surface area contributed by atoms with Crippen LogP contribution in [0.1, 0.15) is 38.2 Å². The molecule has 0 amide bonds. The topological polar surface area (TPSA) is 35.5 Å². The van der Waals surface area contributed by atoms with E-state index in [1.165, 1.54) is 18.4 Å². The minimum absolute atomic E-state index is 0.289. The third kappa shape index (κ3) is 4.51. The Morgan fingerprint density at radius 1 is 1.16 bits per heavy atom. The largest absolute Gasteiger partial charge is 0.390 e. The van der Waals surface area contributed by atoms with E-state index in [1.807, 2.05) is 0 Å². The van der Waals surface area contributed by atoms with Gasteiger partial charge in [0.15, 0.2) is 0 Å². The van der Waals surface area contributed by atoms with Crippen molar-refractivity contribution in [2.45, 2.75) is 38.7 Å². The lowest BCUT2D eigenvalue weighted by atomic mass is 10.0. The molecule has 1 aliphatic heterocycles. The zero-order valence-corrected chi connectivity index (χ0v) is 12.1. The summed E-state index contributed by atoms with van der Waals surface area (Å²) in [5.41, 5.74) is 2.44. The normalized spacial score (nSPS) is 17.9. The first-order chi connectivity index (χ1) is 9.15. The summed E-state index contributed by atoms with van der Waals surface area (Å²) in [5, 5.41) is 13.3. The van der Waals surface area contributed by atoms with Gasteiger partial charge in [-0.2, -0.15) is 0 Å². The summed E-state index contributed by atoms with van der Waals surface area (Å²) in [6.45, 7) is 8.08. The van der Waals surface area contributed by atoms with Gasteiger partial charge >= 0.3 is 0 Å². The second-order valence-electron chi connectivity index (χ2n) is 5.82. The number of β-amino-alcohol motifs (C(OH)–C–C–N with tert-alkyl or cyclic N) is 1. The van der Waals surface area contributed by atoms with E-state index in [1.54, 1.807) is 0 Å². The van der Waals surface area contributed by atoms with Gasteiger partial charge in [-0.3, -0.25) is 0 Å². The van der Waals surface area contributed by atoms with E-state index >= 15 is 0 Å². The zero-order valence-electron chi connectivity index (χ0n) is 12.1. The van der Waals surface area contributed by atoms with Gasteiger partial charge in [0.2, 0.25) is 0 Å². The van der Waals surface area contributed by atoms with Crippen molar-refractivity contribution in [2.75, 3.05) is 31.5 Å². The molecule has 3 heteroatoms. The van der Waals surface area contributed by atoms with E-state index in [-0.39, 0.29) is 6.10 Å².